The number of halogens is 1. The number of likely N-dealkylation sites (tertiary alicyclic amines) is 1. The molecule has 1 saturated heterocycles. The van der Waals surface area contributed by atoms with Gasteiger partial charge in [0.1, 0.15) is 12.4 Å². The summed E-state index contributed by atoms with van der Waals surface area (Å²) >= 11 is 0. The number of methoxy groups -OCH3 is 1. The number of hydrogen-bond donors (Lipinski definition) is 1. The minimum Gasteiger partial charge on any atom is -0.384 e. The largest absolute Gasteiger partial charge is 0.384 e. The Balaban J connectivity index is 2.05. The zero-order chi connectivity index (χ0) is 14.4. The van der Waals surface area contributed by atoms with E-state index in [-0.39, 0.29) is 12.4 Å². The smallest absolute Gasteiger partial charge is 0.124 e. The lowest BCUT2D eigenvalue weighted by Crippen LogP contribution is -2.36. The van der Waals surface area contributed by atoms with E-state index < -0.39 is 0 Å². The third-order valence-corrected chi connectivity index (χ3v) is 3.64. The van der Waals surface area contributed by atoms with Gasteiger partial charge in [-0.3, -0.25) is 4.90 Å². The molecule has 1 aromatic rings. The summed E-state index contributed by atoms with van der Waals surface area (Å²) in [6.07, 6.45) is 2.40. The van der Waals surface area contributed by atoms with Crippen LogP contribution < -0.4 is 0 Å². The third-order valence-electron chi connectivity index (χ3n) is 3.64. The summed E-state index contributed by atoms with van der Waals surface area (Å²) in [5.41, 5.74) is 1.66. The van der Waals surface area contributed by atoms with E-state index in [9.17, 15) is 4.39 Å². The first-order chi connectivity index (χ1) is 9.72. The van der Waals surface area contributed by atoms with Crippen molar-refractivity contribution in [2.24, 2.45) is 0 Å². The van der Waals surface area contributed by atoms with Crippen molar-refractivity contribution in [2.45, 2.75) is 25.5 Å². The van der Waals surface area contributed by atoms with Crippen LogP contribution in [-0.4, -0.2) is 42.9 Å². The van der Waals surface area contributed by atoms with Gasteiger partial charge in [-0.15, -0.1) is 0 Å². The molecule has 0 unspecified atom stereocenters. The van der Waals surface area contributed by atoms with Crippen molar-refractivity contribution >= 4 is 0 Å². The molecule has 2 rings (SSSR count). The molecule has 1 heterocycles. The van der Waals surface area contributed by atoms with Crippen LogP contribution in [-0.2, 0) is 11.3 Å². The van der Waals surface area contributed by atoms with Gasteiger partial charge in [0, 0.05) is 32.3 Å². The monoisotopic (exact) mass is 277 g/mol. The Morgan fingerprint density at radius 2 is 2.15 bits per heavy atom. The first-order valence-electron chi connectivity index (χ1n) is 6.86. The van der Waals surface area contributed by atoms with Crippen LogP contribution in [0.1, 0.15) is 24.0 Å². The SMILES string of the molecule is COC1CCN(Cc2ccc(F)cc2C#CCO)CC1. The molecule has 0 bridgehead atoms. The van der Waals surface area contributed by atoms with Crippen LogP contribution in [0.2, 0.25) is 0 Å². The fourth-order valence-electron chi connectivity index (χ4n) is 2.48. The molecule has 4 heteroatoms. The molecule has 1 aliphatic heterocycles. The topological polar surface area (TPSA) is 32.7 Å². The summed E-state index contributed by atoms with van der Waals surface area (Å²) in [5.74, 6) is 5.11. The van der Waals surface area contributed by atoms with Crippen molar-refractivity contribution in [3.05, 3.63) is 35.1 Å². The first-order valence-corrected chi connectivity index (χ1v) is 6.86. The second-order valence-corrected chi connectivity index (χ2v) is 4.97. The molecule has 0 atom stereocenters. The highest BCUT2D eigenvalue weighted by Gasteiger charge is 2.19. The molecule has 0 amide bonds. The summed E-state index contributed by atoms with van der Waals surface area (Å²) in [7, 11) is 1.75. The second-order valence-electron chi connectivity index (χ2n) is 4.97. The average Bonchev–Trinajstić information content (AvgIpc) is 2.48. The molecular weight excluding hydrogens is 257 g/mol. The molecule has 1 aromatic carbocycles. The maximum atomic E-state index is 13.3. The molecule has 0 saturated carbocycles. The van der Waals surface area contributed by atoms with E-state index in [4.69, 9.17) is 9.84 Å². The van der Waals surface area contributed by atoms with E-state index in [0.717, 1.165) is 38.0 Å². The molecule has 108 valence electrons. The lowest BCUT2D eigenvalue weighted by molar-refractivity contribution is 0.0388. The van der Waals surface area contributed by atoms with Gasteiger partial charge >= 0.3 is 0 Å². The second kappa shape index (κ2) is 7.39. The number of rotatable bonds is 3. The Hall–Kier alpha value is -1.41. The summed E-state index contributed by atoms with van der Waals surface area (Å²) in [6, 6.07) is 4.67. The molecule has 1 N–H and O–H groups in total. The molecular formula is C16H20FNO2. The number of nitrogens with zero attached hydrogens (tertiary/aromatic N) is 1. The van der Waals surface area contributed by atoms with Gasteiger partial charge in [0.2, 0.25) is 0 Å². The van der Waals surface area contributed by atoms with Gasteiger partial charge in [0.25, 0.3) is 0 Å². The van der Waals surface area contributed by atoms with Gasteiger partial charge in [0.05, 0.1) is 6.10 Å². The minimum absolute atomic E-state index is 0.213. The molecule has 3 nitrogen and oxygen atoms in total. The predicted octanol–water partition coefficient (Wildman–Crippen LogP) is 1.78. The maximum absolute atomic E-state index is 13.3. The number of hydrogen-bond acceptors (Lipinski definition) is 3. The van der Waals surface area contributed by atoms with Gasteiger partial charge in [0.15, 0.2) is 0 Å². The first kappa shape index (κ1) is 15.0. The Kier molecular flexibility index (Phi) is 5.54. The van der Waals surface area contributed by atoms with Gasteiger partial charge in [-0.2, -0.15) is 0 Å². The zero-order valence-corrected chi connectivity index (χ0v) is 11.7. The molecule has 0 aromatic heterocycles. The number of aliphatic hydroxyl groups is 1. The quantitative estimate of drug-likeness (QED) is 0.855. The standard InChI is InChI=1S/C16H20FNO2/c1-20-16-6-8-18(9-7-16)12-14-4-5-15(17)11-13(14)3-2-10-19/h4-5,11,16,19H,6-10,12H2,1H3. The van der Waals surface area contributed by atoms with E-state index >= 15 is 0 Å². The van der Waals surface area contributed by atoms with E-state index in [1.54, 1.807) is 13.2 Å². The van der Waals surface area contributed by atoms with Crippen molar-refractivity contribution in [3.63, 3.8) is 0 Å². The van der Waals surface area contributed by atoms with Crippen molar-refractivity contribution in [3.8, 4) is 11.8 Å². The number of piperidine rings is 1. The van der Waals surface area contributed by atoms with Crippen molar-refractivity contribution in [2.75, 3.05) is 26.8 Å². The number of aliphatic hydroxyl groups excluding tert-OH is 1. The van der Waals surface area contributed by atoms with Gasteiger partial charge in [-0.25, -0.2) is 4.39 Å². The Morgan fingerprint density at radius 3 is 2.80 bits per heavy atom. The highest BCUT2D eigenvalue weighted by molar-refractivity contribution is 5.41. The third kappa shape index (κ3) is 4.04. The van der Waals surface area contributed by atoms with Crippen molar-refractivity contribution in [1.82, 2.24) is 4.90 Å². The zero-order valence-electron chi connectivity index (χ0n) is 11.7. The van der Waals surface area contributed by atoms with Crippen molar-refractivity contribution < 1.29 is 14.2 Å². The molecule has 1 fully saturated rings. The van der Waals surface area contributed by atoms with E-state index in [2.05, 4.69) is 16.7 Å². The van der Waals surface area contributed by atoms with Crippen LogP contribution in [0.4, 0.5) is 4.39 Å². The fraction of sp³-hybridized carbons (Fsp3) is 0.500. The van der Waals surface area contributed by atoms with E-state index in [1.807, 2.05) is 0 Å². The van der Waals surface area contributed by atoms with Gasteiger partial charge in [-0.1, -0.05) is 17.9 Å². The van der Waals surface area contributed by atoms with Crippen LogP contribution in [0.25, 0.3) is 0 Å². The minimum atomic E-state index is -0.297. The summed E-state index contributed by atoms with van der Waals surface area (Å²) in [6.45, 7) is 2.49. The molecule has 0 radical (unpaired) electrons. The van der Waals surface area contributed by atoms with Crippen LogP contribution >= 0.6 is 0 Å². The number of benzene rings is 1. The highest BCUT2D eigenvalue weighted by Crippen LogP contribution is 2.18. The van der Waals surface area contributed by atoms with Gasteiger partial charge < -0.3 is 9.84 Å². The highest BCUT2D eigenvalue weighted by atomic mass is 19.1. The van der Waals surface area contributed by atoms with E-state index in [0.29, 0.717) is 11.7 Å². The Morgan fingerprint density at radius 1 is 1.40 bits per heavy atom. The lowest BCUT2D eigenvalue weighted by Gasteiger charge is -2.31. The summed E-state index contributed by atoms with van der Waals surface area (Å²) < 4.78 is 18.6. The van der Waals surface area contributed by atoms with Gasteiger partial charge in [-0.05, 0) is 30.5 Å². The molecule has 1 aliphatic rings. The number of ether oxygens (including phenoxy) is 1. The predicted molar refractivity (Wildman–Crippen MR) is 75.7 cm³/mol. The van der Waals surface area contributed by atoms with Crippen LogP contribution in [0.5, 0.6) is 0 Å². The van der Waals surface area contributed by atoms with Crippen LogP contribution in [0.3, 0.4) is 0 Å². The van der Waals surface area contributed by atoms with Crippen molar-refractivity contribution in [1.29, 1.82) is 0 Å². The average molecular weight is 277 g/mol. The molecule has 0 spiro atoms. The molecule has 0 aliphatic carbocycles. The Bertz CT molecular complexity index is 499. The Labute approximate surface area is 119 Å². The van der Waals surface area contributed by atoms with Crippen LogP contribution in [0, 0.1) is 17.7 Å². The van der Waals surface area contributed by atoms with E-state index in [1.165, 1.54) is 12.1 Å². The summed E-state index contributed by atoms with van der Waals surface area (Å²) in [4.78, 5) is 2.33. The molecule has 20 heavy (non-hydrogen) atoms. The maximum Gasteiger partial charge on any atom is 0.124 e. The van der Waals surface area contributed by atoms with Crippen LogP contribution in [0.15, 0.2) is 18.2 Å². The summed E-state index contributed by atoms with van der Waals surface area (Å²) in [5, 5.41) is 8.77. The fourth-order valence-corrected chi connectivity index (χ4v) is 2.48. The lowest BCUT2D eigenvalue weighted by atomic mass is 10.0. The normalized spacial score (nSPS) is 16.8.